The third kappa shape index (κ3) is 3.95. The molecule has 0 fully saturated rings. The lowest BCUT2D eigenvalue weighted by Crippen LogP contribution is -2.32. The number of hydrogen-bond donors (Lipinski definition) is 1. The Morgan fingerprint density at radius 1 is 1.13 bits per heavy atom. The van der Waals surface area contributed by atoms with E-state index in [1.807, 2.05) is 19.6 Å². The van der Waals surface area contributed by atoms with Gasteiger partial charge in [0, 0.05) is 5.69 Å². The molecule has 0 aliphatic heterocycles. The molecule has 0 spiro atoms. The highest BCUT2D eigenvalue weighted by Gasteiger charge is 2.30. The first-order chi connectivity index (χ1) is 6.68. The summed E-state index contributed by atoms with van der Waals surface area (Å²) >= 11 is 0. The lowest BCUT2D eigenvalue weighted by molar-refractivity contribution is -0.137. The first-order valence-electron chi connectivity index (χ1n) is 4.64. The van der Waals surface area contributed by atoms with Crippen molar-refractivity contribution in [1.29, 1.82) is 0 Å². The zero-order chi connectivity index (χ0) is 11.7. The van der Waals surface area contributed by atoms with Crippen molar-refractivity contribution in [2.45, 2.75) is 25.8 Å². The summed E-state index contributed by atoms with van der Waals surface area (Å²) in [5.74, 6) is 0. The molecule has 0 atom stereocenters. The summed E-state index contributed by atoms with van der Waals surface area (Å²) in [6.45, 7) is 6.10. The van der Waals surface area contributed by atoms with Crippen molar-refractivity contribution in [3.8, 4) is 0 Å². The molecular weight excluding hydrogens is 219 g/mol. The van der Waals surface area contributed by atoms with Gasteiger partial charge in [-0.3, -0.25) is 0 Å². The summed E-state index contributed by atoms with van der Waals surface area (Å²) in [7, 11) is -1.60. The van der Waals surface area contributed by atoms with Gasteiger partial charge in [0.1, 0.15) is 8.24 Å². The van der Waals surface area contributed by atoms with Crippen LogP contribution in [0.3, 0.4) is 0 Å². The molecule has 0 heterocycles. The molecule has 1 aromatic rings. The van der Waals surface area contributed by atoms with E-state index in [9.17, 15) is 13.2 Å². The standard InChI is InChI=1S/C10H14F3NSi/c1-15(2,3)14-9-6-4-5-8(7-9)10(11,12)13/h4-7,14H,1-3H3. The lowest BCUT2D eigenvalue weighted by Gasteiger charge is -2.20. The largest absolute Gasteiger partial charge is 0.416 e. The van der Waals surface area contributed by atoms with E-state index in [2.05, 4.69) is 4.98 Å². The molecule has 1 N–H and O–H groups in total. The number of halogens is 3. The maximum Gasteiger partial charge on any atom is 0.416 e. The van der Waals surface area contributed by atoms with Gasteiger partial charge < -0.3 is 4.98 Å². The van der Waals surface area contributed by atoms with Crippen LogP contribution in [0.15, 0.2) is 24.3 Å². The Morgan fingerprint density at radius 2 is 1.73 bits per heavy atom. The van der Waals surface area contributed by atoms with Crippen LogP contribution in [0.2, 0.25) is 19.6 Å². The zero-order valence-electron chi connectivity index (χ0n) is 8.94. The summed E-state index contributed by atoms with van der Waals surface area (Å²) < 4.78 is 37.2. The van der Waals surface area contributed by atoms with E-state index in [1.165, 1.54) is 6.07 Å². The van der Waals surface area contributed by atoms with Crippen LogP contribution < -0.4 is 4.98 Å². The summed E-state index contributed by atoms with van der Waals surface area (Å²) in [6, 6.07) is 5.31. The van der Waals surface area contributed by atoms with E-state index < -0.39 is 20.0 Å². The minimum absolute atomic E-state index is 0.545. The van der Waals surface area contributed by atoms with E-state index in [1.54, 1.807) is 6.07 Å². The van der Waals surface area contributed by atoms with Crippen molar-refractivity contribution in [1.82, 2.24) is 0 Å². The Morgan fingerprint density at radius 3 is 2.20 bits per heavy atom. The van der Waals surface area contributed by atoms with Crippen molar-refractivity contribution in [2.24, 2.45) is 0 Å². The lowest BCUT2D eigenvalue weighted by atomic mass is 10.2. The van der Waals surface area contributed by atoms with Gasteiger partial charge in [0.05, 0.1) is 5.56 Å². The number of alkyl halides is 3. The molecule has 15 heavy (non-hydrogen) atoms. The second-order valence-electron chi connectivity index (χ2n) is 4.45. The van der Waals surface area contributed by atoms with Gasteiger partial charge in [-0.15, -0.1) is 0 Å². The van der Waals surface area contributed by atoms with E-state index in [0.29, 0.717) is 5.69 Å². The molecule has 0 amide bonds. The number of hydrogen-bond acceptors (Lipinski definition) is 1. The first kappa shape index (κ1) is 12.1. The molecule has 5 heteroatoms. The fourth-order valence-electron chi connectivity index (χ4n) is 1.21. The number of nitrogens with one attached hydrogen (secondary N) is 1. The Hall–Kier alpha value is -0.973. The highest BCUT2D eigenvalue weighted by Crippen LogP contribution is 2.30. The molecule has 0 aliphatic carbocycles. The normalized spacial score (nSPS) is 12.7. The smallest absolute Gasteiger partial charge is 0.411 e. The van der Waals surface area contributed by atoms with Crippen LogP contribution in [0.4, 0.5) is 18.9 Å². The van der Waals surface area contributed by atoms with Crippen LogP contribution in [-0.2, 0) is 6.18 Å². The molecule has 0 saturated carbocycles. The van der Waals surface area contributed by atoms with E-state index in [-0.39, 0.29) is 0 Å². The SMILES string of the molecule is C[Si](C)(C)Nc1cccc(C(F)(F)F)c1. The zero-order valence-corrected chi connectivity index (χ0v) is 9.94. The van der Waals surface area contributed by atoms with Crippen molar-refractivity contribution in [3.05, 3.63) is 29.8 Å². The summed E-state index contributed by atoms with van der Waals surface area (Å²) in [5, 5.41) is 0. The third-order valence-corrected chi connectivity index (χ3v) is 2.75. The van der Waals surface area contributed by atoms with Crippen molar-refractivity contribution in [3.63, 3.8) is 0 Å². The van der Waals surface area contributed by atoms with Crippen molar-refractivity contribution < 1.29 is 13.2 Å². The minimum Gasteiger partial charge on any atom is -0.411 e. The van der Waals surface area contributed by atoms with Crippen LogP contribution in [0.25, 0.3) is 0 Å². The Kier molecular flexibility index (Phi) is 3.13. The molecule has 1 rings (SSSR count). The highest BCUT2D eigenvalue weighted by molar-refractivity contribution is 6.79. The second kappa shape index (κ2) is 3.88. The number of rotatable bonds is 2. The Balaban J connectivity index is 2.94. The maximum absolute atomic E-state index is 12.4. The van der Waals surface area contributed by atoms with Gasteiger partial charge in [0.25, 0.3) is 0 Å². The van der Waals surface area contributed by atoms with Gasteiger partial charge in [-0.25, -0.2) is 0 Å². The minimum atomic E-state index is -4.27. The highest BCUT2D eigenvalue weighted by atomic mass is 28.3. The topological polar surface area (TPSA) is 12.0 Å². The number of benzene rings is 1. The van der Waals surface area contributed by atoms with Gasteiger partial charge in [-0.05, 0) is 18.2 Å². The third-order valence-electron chi connectivity index (χ3n) is 1.71. The quantitative estimate of drug-likeness (QED) is 0.763. The molecule has 1 aromatic carbocycles. The maximum atomic E-state index is 12.4. The average Bonchev–Trinajstić information content (AvgIpc) is 1.99. The van der Waals surface area contributed by atoms with Crippen LogP contribution in [0, 0.1) is 0 Å². The van der Waals surface area contributed by atoms with Crippen LogP contribution in [0.1, 0.15) is 5.56 Å². The molecule has 1 nitrogen and oxygen atoms in total. The monoisotopic (exact) mass is 233 g/mol. The van der Waals surface area contributed by atoms with Crippen molar-refractivity contribution >= 4 is 13.9 Å². The van der Waals surface area contributed by atoms with Crippen LogP contribution in [0.5, 0.6) is 0 Å². The van der Waals surface area contributed by atoms with Gasteiger partial charge in [0.15, 0.2) is 0 Å². The van der Waals surface area contributed by atoms with E-state index in [4.69, 9.17) is 0 Å². The van der Waals surface area contributed by atoms with Gasteiger partial charge in [-0.2, -0.15) is 13.2 Å². The van der Waals surface area contributed by atoms with Gasteiger partial charge >= 0.3 is 6.18 Å². The predicted molar refractivity (Wildman–Crippen MR) is 58.4 cm³/mol. The molecule has 0 saturated heterocycles. The molecule has 0 radical (unpaired) electrons. The molecule has 0 unspecified atom stereocenters. The van der Waals surface area contributed by atoms with Gasteiger partial charge in [-0.1, -0.05) is 25.7 Å². The van der Waals surface area contributed by atoms with Crippen molar-refractivity contribution in [2.75, 3.05) is 4.98 Å². The van der Waals surface area contributed by atoms with Crippen LogP contribution in [-0.4, -0.2) is 8.24 Å². The van der Waals surface area contributed by atoms with E-state index in [0.717, 1.165) is 12.1 Å². The first-order valence-corrected chi connectivity index (χ1v) is 8.14. The van der Waals surface area contributed by atoms with Crippen LogP contribution >= 0.6 is 0 Å². The van der Waals surface area contributed by atoms with Gasteiger partial charge in [0.2, 0.25) is 0 Å². The summed E-state index contributed by atoms with van der Waals surface area (Å²) in [5.41, 5.74) is -0.0604. The molecule has 0 aromatic heterocycles. The molecule has 0 bridgehead atoms. The Labute approximate surface area is 88.4 Å². The second-order valence-corrected chi connectivity index (χ2v) is 9.20. The Bertz CT molecular complexity index is 341. The predicted octanol–water partition coefficient (Wildman–Crippen LogP) is 3.95. The fraction of sp³-hybridized carbons (Fsp3) is 0.400. The summed E-state index contributed by atoms with van der Waals surface area (Å²) in [4.78, 5) is 3.13. The molecule has 0 aliphatic rings. The molecule has 84 valence electrons. The number of anilines is 1. The van der Waals surface area contributed by atoms with E-state index >= 15 is 0 Å². The average molecular weight is 233 g/mol. The fourth-order valence-corrected chi connectivity index (χ4v) is 2.23. The molecular formula is C10H14F3NSi. The summed E-state index contributed by atoms with van der Waals surface area (Å²) in [6.07, 6.45) is -4.27.